The molecule has 1 heterocycles. The van der Waals surface area contributed by atoms with E-state index in [1.807, 2.05) is 0 Å². The third kappa shape index (κ3) is 3.30. The van der Waals surface area contributed by atoms with Crippen LogP contribution in [-0.2, 0) is 10.0 Å². The van der Waals surface area contributed by atoms with Crippen LogP contribution in [0.1, 0.15) is 0 Å². The van der Waals surface area contributed by atoms with E-state index in [9.17, 15) is 8.42 Å². The molecule has 0 fully saturated rings. The van der Waals surface area contributed by atoms with E-state index in [0.717, 1.165) is 0 Å². The fraction of sp³-hybridized carbons (Fsp3) is 0. The second-order valence-corrected chi connectivity index (χ2v) is 6.39. The second-order valence-electron chi connectivity index (χ2n) is 3.52. The second kappa shape index (κ2) is 5.54. The molecule has 0 amide bonds. The molecule has 0 spiro atoms. The van der Waals surface area contributed by atoms with Gasteiger partial charge in [-0.05, 0) is 24.3 Å². The van der Waals surface area contributed by atoms with Gasteiger partial charge in [0.1, 0.15) is 10.7 Å². The number of anilines is 1. The zero-order valence-electron chi connectivity index (χ0n) is 9.27. The molecule has 4 nitrogen and oxygen atoms in total. The predicted octanol–water partition coefficient (Wildman–Crippen LogP) is 3.84. The predicted molar refractivity (Wildman–Crippen MR) is 76.5 cm³/mol. The maximum atomic E-state index is 12.1. The Balaban J connectivity index is 2.43. The van der Waals surface area contributed by atoms with Crippen molar-refractivity contribution in [2.24, 2.45) is 0 Å². The Bertz CT molecular complexity index is 705. The number of aromatic nitrogens is 1. The van der Waals surface area contributed by atoms with Gasteiger partial charge in [-0.1, -0.05) is 40.9 Å². The van der Waals surface area contributed by atoms with E-state index in [-0.39, 0.29) is 25.8 Å². The van der Waals surface area contributed by atoms with Crippen LogP contribution < -0.4 is 4.72 Å². The van der Waals surface area contributed by atoms with E-state index in [2.05, 4.69) is 9.71 Å². The van der Waals surface area contributed by atoms with Crippen molar-refractivity contribution < 1.29 is 8.42 Å². The van der Waals surface area contributed by atoms with E-state index >= 15 is 0 Å². The first kappa shape index (κ1) is 14.4. The lowest BCUT2D eigenvalue weighted by molar-refractivity contribution is 0.601. The molecule has 0 atom stereocenters. The number of hydrogen-bond acceptors (Lipinski definition) is 3. The zero-order valence-corrected chi connectivity index (χ0v) is 12.4. The normalized spacial score (nSPS) is 11.3. The van der Waals surface area contributed by atoms with Crippen molar-refractivity contribution >= 4 is 50.6 Å². The van der Waals surface area contributed by atoms with Crippen LogP contribution in [0.15, 0.2) is 41.4 Å². The van der Waals surface area contributed by atoms with Crippen LogP contribution in [-0.4, -0.2) is 13.4 Å². The number of nitrogens with one attached hydrogen (secondary N) is 1. The van der Waals surface area contributed by atoms with Gasteiger partial charge in [-0.15, -0.1) is 0 Å². The van der Waals surface area contributed by atoms with Crippen molar-refractivity contribution in [3.63, 3.8) is 0 Å². The molecule has 0 radical (unpaired) electrons. The van der Waals surface area contributed by atoms with Gasteiger partial charge in [0.05, 0.1) is 15.1 Å². The fourth-order valence-corrected chi connectivity index (χ4v) is 3.34. The van der Waals surface area contributed by atoms with E-state index in [1.54, 1.807) is 12.1 Å². The molecule has 2 rings (SSSR count). The van der Waals surface area contributed by atoms with Gasteiger partial charge < -0.3 is 0 Å². The number of rotatable bonds is 3. The first-order chi connectivity index (χ1) is 8.90. The summed E-state index contributed by atoms with van der Waals surface area (Å²) < 4.78 is 26.6. The van der Waals surface area contributed by atoms with Gasteiger partial charge in [-0.25, -0.2) is 13.4 Å². The lowest BCUT2D eigenvalue weighted by atomic mass is 10.4. The summed E-state index contributed by atoms with van der Waals surface area (Å²) in [7, 11) is -3.87. The molecular formula is C11H7Cl3N2O2S. The van der Waals surface area contributed by atoms with Gasteiger partial charge in [0.25, 0.3) is 10.0 Å². The Labute approximate surface area is 125 Å². The van der Waals surface area contributed by atoms with Crippen molar-refractivity contribution in [1.82, 2.24) is 4.98 Å². The number of pyridine rings is 1. The van der Waals surface area contributed by atoms with E-state index in [0.29, 0.717) is 0 Å². The fourth-order valence-electron chi connectivity index (χ4n) is 1.33. The topological polar surface area (TPSA) is 59.1 Å². The Kier molecular flexibility index (Phi) is 4.20. The van der Waals surface area contributed by atoms with Gasteiger partial charge in [0.15, 0.2) is 0 Å². The van der Waals surface area contributed by atoms with Crippen molar-refractivity contribution in [2.45, 2.75) is 4.90 Å². The van der Waals surface area contributed by atoms with Crippen LogP contribution in [0, 0.1) is 0 Å². The summed E-state index contributed by atoms with van der Waals surface area (Å²) >= 11 is 17.4. The van der Waals surface area contributed by atoms with Gasteiger partial charge in [-0.2, -0.15) is 0 Å². The maximum absolute atomic E-state index is 12.1. The van der Waals surface area contributed by atoms with Crippen molar-refractivity contribution in [1.29, 1.82) is 0 Å². The van der Waals surface area contributed by atoms with Gasteiger partial charge >= 0.3 is 0 Å². The standard InChI is InChI=1S/C11H7Cl3N2O2S/c12-7-5-9(14)10(6-8(7)13)19(17,18)16-11-3-1-2-4-15-11/h1-6H,(H,15,16). The van der Waals surface area contributed by atoms with Crippen LogP contribution in [0.2, 0.25) is 15.1 Å². The summed E-state index contributed by atoms with van der Waals surface area (Å²) in [4.78, 5) is 3.71. The van der Waals surface area contributed by atoms with Crippen LogP contribution >= 0.6 is 34.8 Å². The highest BCUT2D eigenvalue weighted by Gasteiger charge is 2.20. The number of sulfonamides is 1. The summed E-state index contributed by atoms with van der Waals surface area (Å²) in [5.74, 6) is 0.185. The van der Waals surface area contributed by atoms with Gasteiger partial charge in [-0.3, -0.25) is 4.72 Å². The molecule has 0 unspecified atom stereocenters. The van der Waals surface area contributed by atoms with Gasteiger partial charge in [0, 0.05) is 6.20 Å². The zero-order chi connectivity index (χ0) is 14.0. The molecule has 0 aliphatic carbocycles. The first-order valence-corrected chi connectivity index (χ1v) is 7.60. The van der Waals surface area contributed by atoms with Crippen LogP contribution in [0.3, 0.4) is 0 Å². The van der Waals surface area contributed by atoms with Crippen molar-refractivity contribution in [3.05, 3.63) is 51.6 Å². The SMILES string of the molecule is O=S(=O)(Nc1ccccn1)c1cc(Cl)c(Cl)cc1Cl. The van der Waals surface area contributed by atoms with E-state index in [1.165, 1.54) is 24.4 Å². The lowest BCUT2D eigenvalue weighted by Crippen LogP contribution is -2.14. The van der Waals surface area contributed by atoms with Crippen molar-refractivity contribution in [2.75, 3.05) is 4.72 Å². The van der Waals surface area contributed by atoms with Gasteiger partial charge in [0.2, 0.25) is 0 Å². The molecule has 0 saturated heterocycles. The molecule has 0 bridgehead atoms. The molecule has 0 aliphatic rings. The molecule has 1 aromatic heterocycles. The number of halogens is 3. The highest BCUT2D eigenvalue weighted by molar-refractivity contribution is 7.92. The third-order valence-corrected chi connectivity index (χ3v) is 4.71. The molecule has 2 aromatic rings. The van der Waals surface area contributed by atoms with Crippen molar-refractivity contribution in [3.8, 4) is 0 Å². The van der Waals surface area contributed by atoms with E-state index in [4.69, 9.17) is 34.8 Å². The number of hydrogen-bond donors (Lipinski definition) is 1. The summed E-state index contributed by atoms with van der Waals surface area (Å²) in [6.45, 7) is 0. The van der Waals surface area contributed by atoms with Crippen LogP contribution in [0.4, 0.5) is 5.82 Å². The summed E-state index contributed by atoms with van der Waals surface area (Å²) in [6, 6.07) is 7.31. The number of nitrogens with zero attached hydrogens (tertiary/aromatic N) is 1. The largest absolute Gasteiger partial charge is 0.264 e. The molecule has 0 aliphatic heterocycles. The Morgan fingerprint density at radius 3 is 2.32 bits per heavy atom. The Morgan fingerprint density at radius 2 is 1.68 bits per heavy atom. The average Bonchev–Trinajstić information content (AvgIpc) is 2.34. The summed E-state index contributed by atoms with van der Waals surface area (Å²) in [5.41, 5.74) is 0. The van der Waals surface area contributed by atoms with Crippen LogP contribution in [0.5, 0.6) is 0 Å². The summed E-state index contributed by atoms with van der Waals surface area (Å²) in [5, 5.41) is 0.272. The minimum Gasteiger partial charge on any atom is -0.263 e. The van der Waals surface area contributed by atoms with Crippen LogP contribution in [0.25, 0.3) is 0 Å². The molecule has 1 aromatic carbocycles. The highest BCUT2D eigenvalue weighted by atomic mass is 35.5. The third-order valence-electron chi connectivity index (χ3n) is 2.17. The molecule has 100 valence electrons. The quantitative estimate of drug-likeness (QED) is 0.866. The monoisotopic (exact) mass is 336 g/mol. The minimum absolute atomic E-state index is 0.0159. The molecule has 8 heteroatoms. The average molecular weight is 338 g/mol. The molecule has 1 N–H and O–H groups in total. The molecule has 19 heavy (non-hydrogen) atoms. The summed E-state index contributed by atoms with van der Waals surface area (Å²) in [6.07, 6.45) is 1.47. The highest BCUT2D eigenvalue weighted by Crippen LogP contribution is 2.32. The number of benzene rings is 1. The Hall–Kier alpha value is -1.01. The first-order valence-electron chi connectivity index (χ1n) is 4.98. The smallest absolute Gasteiger partial charge is 0.263 e. The van der Waals surface area contributed by atoms with E-state index < -0.39 is 10.0 Å². The Morgan fingerprint density at radius 1 is 1.00 bits per heavy atom. The molecular weight excluding hydrogens is 331 g/mol. The molecule has 0 saturated carbocycles. The lowest BCUT2D eigenvalue weighted by Gasteiger charge is -2.09. The minimum atomic E-state index is -3.87. The maximum Gasteiger partial charge on any atom is 0.264 e.